The Morgan fingerprint density at radius 3 is 2.35 bits per heavy atom. The van der Waals surface area contributed by atoms with Crippen molar-refractivity contribution < 1.29 is 9.59 Å². The van der Waals surface area contributed by atoms with Gasteiger partial charge in [0.05, 0.1) is 10.0 Å². The predicted octanol–water partition coefficient (Wildman–Crippen LogP) is 1.76. The maximum atomic E-state index is 11.3. The molecule has 0 bridgehead atoms. The quantitative estimate of drug-likeness (QED) is 0.413. The van der Waals surface area contributed by atoms with E-state index in [4.69, 9.17) is 28.9 Å². The van der Waals surface area contributed by atoms with Gasteiger partial charge < -0.3 is 11.1 Å². The maximum absolute atomic E-state index is 11.3. The highest BCUT2D eigenvalue weighted by atomic mass is 35.5. The van der Waals surface area contributed by atoms with Crippen molar-refractivity contribution in [2.45, 2.75) is 0 Å². The zero-order chi connectivity index (χ0) is 12.6. The molecule has 0 unspecified atom stereocenters. The summed E-state index contributed by atoms with van der Waals surface area (Å²) in [5.74, 6) is -0.513. The fourth-order valence-corrected chi connectivity index (χ4v) is 1.68. The minimum Gasteiger partial charge on any atom is -0.398 e. The predicted molar refractivity (Wildman–Crippen MR) is 65.5 cm³/mol. The average molecular weight is 272 g/mol. The van der Waals surface area contributed by atoms with Crippen LogP contribution in [0.15, 0.2) is 17.8 Å². The highest BCUT2D eigenvalue weighted by Gasteiger charge is 2.23. The summed E-state index contributed by atoms with van der Waals surface area (Å²) in [6, 6.07) is 2.43. The Balaban J connectivity index is 2.42. The van der Waals surface area contributed by atoms with Gasteiger partial charge >= 0.3 is 6.03 Å². The molecule has 88 valence electrons. The van der Waals surface area contributed by atoms with E-state index in [2.05, 4.69) is 10.6 Å². The molecule has 1 aliphatic rings. The summed E-state index contributed by atoms with van der Waals surface area (Å²) in [4.78, 5) is 22.2. The maximum Gasteiger partial charge on any atom is 0.326 e. The lowest BCUT2D eigenvalue weighted by molar-refractivity contribution is -0.115. The summed E-state index contributed by atoms with van der Waals surface area (Å²) in [5.41, 5.74) is 6.70. The summed E-state index contributed by atoms with van der Waals surface area (Å²) < 4.78 is 0. The number of amides is 3. The van der Waals surface area contributed by atoms with Crippen molar-refractivity contribution in [3.63, 3.8) is 0 Å². The monoisotopic (exact) mass is 271 g/mol. The molecule has 1 aromatic carbocycles. The first-order valence-electron chi connectivity index (χ1n) is 4.56. The number of nitrogens with two attached hydrogens (primary N) is 1. The standard InChI is InChI=1S/C10H7Cl2N3O2/c11-5-1-4(7(13)3-6(5)12)2-8-9(16)15-10(17)14-8/h1-3H,13H2,(H2,14,15,16,17)/b8-2-. The lowest BCUT2D eigenvalue weighted by Gasteiger charge is -2.04. The van der Waals surface area contributed by atoms with E-state index in [1.165, 1.54) is 18.2 Å². The number of carbonyl (C=O) groups is 2. The average Bonchev–Trinajstić information content (AvgIpc) is 2.54. The molecule has 17 heavy (non-hydrogen) atoms. The van der Waals surface area contributed by atoms with E-state index >= 15 is 0 Å². The van der Waals surface area contributed by atoms with Crippen molar-refractivity contribution in [2.24, 2.45) is 0 Å². The lowest BCUT2D eigenvalue weighted by Crippen LogP contribution is -2.22. The summed E-state index contributed by atoms with van der Waals surface area (Å²) in [7, 11) is 0. The molecule has 0 atom stereocenters. The Morgan fingerprint density at radius 2 is 1.76 bits per heavy atom. The molecule has 1 heterocycles. The van der Waals surface area contributed by atoms with E-state index in [1.807, 2.05) is 0 Å². The Morgan fingerprint density at radius 1 is 1.12 bits per heavy atom. The van der Waals surface area contributed by atoms with Gasteiger partial charge in [-0.15, -0.1) is 0 Å². The largest absolute Gasteiger partial charge is 0.398 e. The third kappa shape index (κ3) is 2.35. The number of carbonyl (C=O) groups excluding carboxylic acids is 2. The molecule has 1 aromatic rings. The van der Waals surface area contributed by atoms with Crippen molar-refractivity contribution in [2.75, 3.05) is 5.73 Å². The van der Waals surface area contributed by atoms with Crippen LogP contribution in [0.5, 0.6) is 0 Å². The number of imide groups is 1. The van der Waals surface area contributed by atoms with Crippen LogP contribution in [0.2, 0.25) is 10.0 Å². The smallest absolute Gasteiger partial charge is 0.326 e. The van der Waals surface area contributed by atoms with Gasteiger partial charge in [0, 0.05) is 11.3 Å². The second-order valence-corrected chi connectivity index (χ2v) is 4.18. The van der Waals surface area contributed by atoms with Gasteiger partial charge in [0.2, 0.25) is 0 Å². The van der Waals surface area contributed by atoms with Crippen molar-refractivity contribution in [3.05, 3.63) is 33.4 Å². The summed E-state index contributed by atoms with van der Waals surface area (Å²) in [5, 5.41) is 5.06. The van der Waals surface area contributed by atoms with Crippen LogP contribution in [0, 0.1) is 0 Å². The normalized spacial score (nSPS) is 17.2. The van der Waals surface area contributed by atoms with E-state index in [9.17, 15) is 9.59 Å². The SMILES string of the molecule is Nc1cc(Cl)c(Cl)cc1/C=C1\NC(=O)NC1=O. The zero-order valence-electron chi connectivity index (χ0n) is 8.38. The van der Waals surface area contributed by atoms with Crippen molar-refractivity contribution in [3.8, 4) is 0 Å². The van der Waals surface area contributed by atoms with E-state index in [-0.39, 0.29) is 5.70 Å². The lowest BCUT2D eigenvalue weighted by atomic mass is 10.1. The molecule has 0 saturated carbocycles. The molecule has 0 aliphatic carbocycles. The van der Waals surface area contributed by atoms with E-state index in [1.54, 1.807) is 0 Å². The number of rotatable bonds is 1. The van der Waals surface area contributed by atoms with Crippen LogP contribution < -0.4 is 16.4 Å². The van der Waals surface area contributed by atoms with Crippen LogP contribution in [-0.2, 0) is 4.79 Å². The van der Waals surface area contributed by atoms with Gasteiger partial charge in [-0.25, -0.2) is 4.79 Å². The first-order chi connectivity index (χ1) is 7.97. The molecule has 4 N–H and O–H groups in total. The number of benzene rings is 1. The Hall–Kier alpha value is -1.72. The number of hydrogen-bond donors (Lipinski definition) is 3. The van der Waals surface area contributed by atoms with Crippen LogP contribution >= 0.6 is 23.2 Å². The number of nitrogens with one attached hydrogen (secondary N) is 2. The van der Waals surface area contributed by atoms with Crippen molar-refractivity contribution in [1.29, 1.82) is 0 Å². The topological polar surface area (TPSA) is 84.2 Å². The van der Waals surface area contributed by atoms with Crippen LogP contribution in [0.25, 0.3) is 6.08 Å². The van der Waals surface area contributed by atoms with Crippen LogP contribution in [0.1, 0.15) is 5.56 Å². The van der Waals surface area contributed by atoms with E-state index in [0.29, 0.717) is 21.3 Å². The van der Waals surface area contributed by atoms with Gasteiger partial charge in [-0.3, -0.25) is 10.1 Å². The van der Waals surface area contributed by atoms with Crippen LogP contribution in [-0.4, -0.2) is 11.9 Å². The fraction of sp³-hybridized carbons (Fsp3) is 0. The van der Waals surface area contributed by atoms with Gasteiger partial charge in [0.15, 0.2) is 0 Å². The Kier molecular flexibility index (Phi) is 2.95. The third-order valence-corrected chi connectivity index (χ3v) is 2.87. The zero-order valence-corrected chi connectivity index (χ0v) is 9.89. The second-order valence-electron chi connectivity index (χ2n) is 3.36. The molecule has 7 heteroatoms. The Labute approximate surface area is 107 Å². The molecule has 0 spiro atoms. The van der Waals surface area contributed by atoms with Gasteiger partial charge in [0.1, 0.15) is 5.70 Å². The number of hydrogen-bond acceptors (Lipinski definition) is 3. The minimum absolute atomic E-state index is 0.111. The molecule has 0 radical (unpaired) electrons. The number of anilines is 1. The van der Waals surface area contributed by atoms with Crippen molar-refractivity contribution >= 4 is 46.9 Å². The number of halogens is 2. The molecule has 3 amide bonds. The number of urea groups is 1. The highest BCUT2D eigenvalue weighted by molar-refractivity contribution is 6.42. The van der Waals surface area contributed by atoms with Gasteiger partial charge in [0.25, 0.3) is 5.91 Å². The summed E-state index contributed by atoms with van der Waals surface area (Å²) in [6.45, 7) is 0. The first kappa shape index (κ1) is 11.8. The Bertz CT molecular complexity index is 555. The fourth-order valence-electron chi connectivity index (χ4n) is 1.34. The minimum atomic E-state index is -0.570. The van der Waals surface area contributed by atoms with Crippen LogP contribution in [0.3, 0.4) is 0 Å². The van der Waals surface area contributed by atoms with Gasteiger partial charge in [-0.2, -0.15) is 0 Å². The first-order valence-corrected chi connectivity index (χ1v) is 5.31. The molecular formula is C10H7Cl2N3O2. The van der Waals surface area contributed by atoms with Gasteiger partial charge in [-0.1, -0.05) is 23.2 Å². The van der Waals surface area contributed by atoms with Gasteiger partial charge in [-0.05, 0) is 18.2 Å². The summed E-state index contributed by atoms with van der Waals surface area (Å²) >= 11 is 11.6. The molecule has 1 fully saturated rings. The highest BCUT2D eigenvalue weighted by Crippen LogP contribution is 2.28. The molecule has 1 saturated heterocycles. The summed E-state index contributed by atoms with van der Waals surface area (Å²) in [6.07, 6.45) is 1.43. The molecule has 0 aromatic heterocycles. The molecule has 1 aliphatic heterocycles. The second kappa shape index (κ2) is 4.27. The molecule has 2 rings (SSSR count). The number of nitrogen functional groups attached to an aromatic ring is 1. The van der Waals surface area contributed by atoms with E-state index in [0.717, 1.165) is 0 Å². The third-order valence-electron chi connectivity index (χ3n) is 2.15. The van der Waals surface area contributed by atoms with E-state index < -0.39 is 11.9 Å². The molecular weight excluding hydrogens is 265 g/mol. The molecule has 5 nitrogen and oxygen atoms in total. The van der Waals surface area contributed by atoms with Crippen LogP contribution in [0.4, 0.5) is 10.5 Å². The van der Waals surface area contributed by atoms with Crippen molar-refractivity contribution in [1.82, 2.24) is 10.6 Å².